The smallest absolute Gasteiger partial charge is 0.323 e. The highest BCUT2D eigenvalue weighted by atomic mass is 19.2. The number of likely N-dealkylation sites (N-methyl/N-ethyl adjacent to an activating group) is 1. The average molecular weight is 261 g/mol. The predicted octanol–water partition coefficient (Wildman–Crippen LogP) is 1.19. The van der Waals surface area contributed by atoms with E-state index in [1.54, 1.807) is 0 Å². The quantitative estimate of drug-likeness (QED) is 0.828. The summed E-state index contributed by atoms with van der Waals surface area (Å²) < 4.78 is 38.8. The molecule has 0 saturated carbocycles. The van der Waals surface area contributed by atoms with Crippen LogP contribution in [0.25, 0.3) is 0 Å². The van der Waals surface area contributed by atoms with Crippen molar-refractivity contribution < 1.29 is 27.9 Å². The molecule has 0 aromatic heterocycles. The van der Waals surface area contributed by atoms with Gasteiger partial charge in [0.1, 0.15) is 6.54 Å². The summed E-state index contributed by atoms with van der Waals surface area (Å²) in [6.45, 7) is -0.551. The molecule has 0 fully saturated rings. The SMILES string of the molecule is CN(CC(=O)O)C(=O)Cc1ccc(F)c(F)c1F. The summed E-state index contributed by atoms with van der Waals surface area (Å²) in [7, 11) is 1.22. The highest BCUT2D eigenvalue weighted by Gasteiger charge is 2.18. The first kappa shape index (κ1) is 14.0. The van der Waals surface area contributed by atoms with Crippen LogP contribution < -0.4 is 0 Å². The molecule has 1 N–H and O–H groups in total. The molecule has 0 aliphatic heterocycles. The summed E-state index contributed by atoms with van der Waals surface area (Å²) in [6.07, 6.45) is -0.535. The van der Waals surface area contributed by atoms with Crippen molar-refractivity contribution in [1.29, 1.82) is 0 Å². The van der Waals surface area contributed by atoms with Crippen LogP contribution in [0.3, 0.4) is 0 Å². The van der Waals surface area contributed by atoms with Crippen LogP contribution >= 0.6 is 0 Å². The molecule has 0 radical (unpaired) electrons. The first-order chi connectivity index (χ1) is 8.32. The zero-order valence-corrected chi connectivity index (χ0v) is 9.41. The Bertz CT molecular complexity index is 491. The maximum atomic E-state index is 13.2. The molecule has 0 bridgehead atoms. The molecule has 18 heavy (non-hydrogen) atoms. The van der Waals surface area contributed by atoms with Gasteiger partial charge in [-0.05, 0) is 6.07 Å². The number of rotatable bonds is 4. The Morgan fingerprint density at radius 2 is 1.83 bits per heavy atom. The molecule has 0 aliphatic carbocycles. The van der Waals surface area contributed by atoms with E-state index in [4.69, 9.17) is 5.11 Å². The molecule has 7 heteroatoms. The van der Waals surface area contributed by atoms with Gasteiger partial charge in [0.05, 0.1) is 6.42 Å². The summed E-state index contributed by atoms with van der Waals surface area (Å²) in [4.78, 5) is 22.7. The topological polar surface area (TPSA) is 57.6 Å². The second-order valence-electron chi connectivity index (χ2n) is 3.65. The lowest BCUT2D eigenvalue weighted by atomic mass is 10.1. The second-order valence-corrected chi connectivity index (χ2v) is 3.65. The number of carbonyl (C=O) groups is 2. The van der Waals surface area contributed by atoms with Crippen molar-refractivity contribution in [3.63, 3.8) is 0 Å². The lowest BCUT2D eigenvalue weighted by Gasteiger charge is -2.14. The van der Waals surface area contributed by atoms with Crippen LogP contribution in [0, 0.1) is 17.5 Å². The zero-order chi connectivity index (χ0) is 13.9. The van der Waals surface area contributed by atoms with Crippen LogP contribution in [-0.4, -0.2) is 35.5 Å². The van der Waals surface area contributed by atoms with Crippen LogP contribution in [0.1, 0.15) is 5.56 Å². The Morgan fingerprint density at radius 3 is 2.39 bits per heavy atom. The van der Waals surface area contributed by atoms with Gasteiger partial charge in [-0.3, -0.25) is 9.59 Å². The third kappa shape index (κ3) is 3.22. The number of carboxylic acid groups (broad SMARTS) is 1. The summed E-state index contributed by atoms with van der Waals surface area (Å²) in [5.41, 5.74) is -0.323. The van der Waals surface area contributed by atoms with Gasteiger partial charge in [-0.25, -0.2) is 13.2 Å². The zero-order valence-electron chi connectivity index (χ0n) is 9.41. The number of carbonyl (C=O) groups excluding carboxylic acids is 1. The number of carboxylic acids is 1. The number of benzene rings is 1. The van der Waals surface area contributed by atoms with E-state index in [2.05, 4.69) is 0 Å². The highest BCUT2D eigenvalue weighted by molar-refractivity contribution is 5.82. The molecular formula is C11H10F3NO3. The molecule has 0 aliphatic rings. The third-order valence-electron chi connectivity index (χ3n) is 2.26. The minimum atomic E-state index is -1.65. The molecule has 0 unspecified atom stereocenters. The molecule has 1 rings (SSSR count). The van der Waals surface area contributed by atoms with E-state index in [-0.39, 0.29) is 5.56 Å². The Hall–Kier alpha value is -2.05. The van der Waals surface area contributed by atoms with Gasteiger partial charge in [0.15, 0.2) is 17.5 Å². The number of hydrogen-bond acceptors (Lipinski definition) is 2. The molecule has 0 heterocycles. The van der Waals surface area contributed by atoms with E-state index in [0.29, 0.717) is 6.07 Å². The van der Waals surface area contributed by atoms with Crippen molar-refractivity contribution in [2.75, 3.05) is 13.6 Å². The van der Waals surface area contributed by atoms with Gasteiger partial charge in [-0.2, -0.15) is 0 Å². The fourth-order valence-electron chi connectivity index (χ4n) is 1.29. The average Bonchev–Trinajstić information content (AvgIpc) is 2.29. The molecule has 4 nitrogen and oxygen atoms in total. The van der Waals surface area contributed by atoms with E-state index in [9.17, 15) is 22.8 Å². The Morgan fingerprint density at radius 1 is 1.22 bits per heavy atom. The number of halogens is 3. The van der Waals surface area contributed by atoms with Crippen LogP contribution in [0.5, 0.6) is 0 Å². The molecular weight excluding hydrogens is 251 g/mol. The van der Waals surface area contributed by atoms with Gasteiger partial charge in [-0.15, -0.1) is 0 Å². The van der Waals surface area contributed by atoms with Gasteiger partial charge < -0.3 is 10.0 Å². The minimum Gasteiger partial charge on any atom is -0.480 e. The molecule has 0 spiro atoms. The summed E-state index contributed by atoms with van der Waals surface area (Å²) >= 11 is 0. The molecule has 98 valence electrons. The van der Waals surface area contributed by atoms with Crippen molar-refractivity contribution >= 4 is 11.9 Å². The third-order valence-corrected chi connectivity index (χ3v) is 2.26. The van der Waals surface area contributed by atoms with Gasteiger partial charge in [0.2, 0.25) is 5.91 Å². The Kier molecular flexibility index (Phi) is 4.30. The largest absolute Gasteiger partial charge is 0.480 e. The molecule has 1 aromatic carbocycles. The molecule has 1 amide bonds. The summed E-state index contributed by atoms with van der Waals surface area (Å²) in [5, 5.41) is 8.46. The maximum Gasteiger partial charge on any atom is 0.323 e. The van der Waals surface area contributed by atoms with Crippen LogP contribution in [0.15, 0.2) is 12.1 Å². The monoisotopic (exact) mass is 261 g/mol. The van der Waals surface area contributed by atoms with Crippen LogP contribution in [0.2, 0.25) is 0 Å². The first-order valence-corrected chi connectivity index (χ1v) is 4.91. The minimum absolute atomic E-state index is 0.323. The van der Waals surface area contributed by atoms with E-state index >= 15 is 0 Å². The second kappa shape index (κ2) is 5.52. The Balaban J connectivity index is 2.82. The van der Waals surface area contributed by atoms with Gasteiger partial charge >= 0.3 is 5.97 Å². The van der Waals surface area contributed by atoms with E-state index in [1.807, 2.05) is 0 Å². The van der Waals surface area contributed by atoms with Gasteiger partial charge in [-0.1, -0.05) is 6.07 Å². The first-order valence-electron chi connectivity index (χ1n) is 4.91. The normalized spacial score (nSPS) is 10.2. The molecule has 0 saturated heterocycles. The van der Waals surface area contributed by atoms with Crippen LogP contribution in [0.4, 0.5) is 13.2 Å². The van der Waals surface area contributed by atoms with Gasteiger partial charge in [0.25, 0.3) is 0 Å². The van der Waals surface area contributed by atoms with E-state index < -0.39 is 42.3 Å². The standard InChI is InChI=1S/C11H10F3NO3/c1-15(5-9(17)18)8(16)4-6-2-3-7(12)11(14)10(6)13/h2-3H,4-5H2,1H3,(H,17,18). The fraction of sp³-hybridized carbons (Fsp3) is 0.273. The van der Waals surface area contributed by atoms with Crippen LogP contribution in [-0.2, 0) is 16.0 Å². The fourth-order valence-corrected chi connectivity index (χ4v) is 1.29. The highest BCUT2D eigenvalue weighted by Crippen LogP contribution is 2.16. The summed E-state index contributed by atoms with van der Waals surface area (Å²) in [6, 6.07) is 1.65. The number of amides is 1. The summed E-state index contributed by atoms with van der Waals surface area (Å²) in [5.74, 6) is -6.37. The number of nitrogens with zero attached hydrogens (tertiary/aromatic N) is 1. The van der Waals surface area contributed by atoms with Crippen molar-refractivity contribution in [2.24, 2.45) is 0 Å². The van der Waals surface area contributed by atoms with Crippen molar-refractivity contribution in [3.05, 3.63) is 35.1 Å². The number of hydrogen-bond donors (Lipinski definition) is 1. The maximum absolute atomic E-state index is 13.2. The van der Waals surface area contributed by atoms with Crippen molar-refractivity contribution in [1.82, 2.24) is 4.90 Å². The molecule has 1 aromatic rings. The van der Waals surface area contributed by atoms with Crippen molar-refractivity contribution in [2.45, 2.75) is 6.42 Å². The van der Waals surface area contributed by atoms with Gasteiger partial charge in [0, 0.05) is 12.6 Å². The van der Waals surface area contributed by atoms with E-state index in [0.717, 1.165) is 11.0 Å². The number of aliphatic carboxylic acids is 1. The van der Waals surface area contributed by atoms with E-state index in [1.165, 1.54) is 7.05 Å². The molecule has 0 atom stereocenters. The lowest BCUT2D eigenvalue weighted by molar-refractivity contribution is -0.143. The lowest BCUT2D eigenvalue weighted by Crippen LogP contribution is -2.33. The van der Waals surface area contributed by atoms with Crippen molar-refractivity contribution in [3.8, 4) is 0 Å². The Labute approximate surface area is 101 Å². The predicted molar refractivity (Wildman–Crippen MR) is 55.3 cm³/mol.